The zero-order chi connectivity index (χ0) is 19.1. The first-order valence-corrected chi connectivity index (χ1v) is 8.46. The van der Waals surface area contributed by atoms with Crippen molar-refractivity contribution in [1.29, 1.82) is 0 Å². The lowest BCUT2D eigenvalue weighted by Gasteiger charge is -2.18. The van der Waals surface area contributed by atoms with Gasteiger partial charge in [-0.25, -0.2) is 4.39 Å². The first-order chi connectivity index (χ1) is 13.1. The van der Waals surface area contributed by atoms with E-state index in [0.717, 1.165) is 5.56 Å². The molecule has 136 valence electrons. The minimum Gasteiger partial charge on any atom is -0.447 e. The van der Waals surface area contributed by atoms with Crippen molar-refractivity contribution in [3.05, 3.63) is 102 Å². The lowest BCUT2D eigenvalue weighted by Crippen LogP contribution is -2.26. The maximum atomic E-state index is 13.0. The highest BCUT2D eigenvalue weighted by atomic mass is 19.1. The molecule has 3 rings (SSSR count). The average molecular weight is 363 g/mol. The van der Waals surface area contributed by atoms with Gasteiger partial charge < -0.3 is 10.1 Å². The molecular weight excluding hydrogens is 345 g/mol. The van der Waals surface area contributed by atoms with E-state index in [2.05, 4.69) is 5.32 Å². The first kappa shape index (κ1) is 18.3. The smallest absolute Gasteiger partial charge is 0.311 e. The molecule has 0 fully saturated rings. The predicted octanol–water partition coefficient (Wildman–Crippen LogP) is 4.29. The van der Waals surface area contributed by atoms with Crippen LogP contribution in [0.15, 0.2) is 84.9 Å². The summed E-state index contributed by atoms with van der Waals surface area (Å²) in [6.07, 6.45) is -1.04. The zero-order valence-electron chi connectivity index (χ0n) is 14.5. The zero-order valence-corrected chi connectivity index (χ0v) is 14.5. The minimum absolute atomic E-state index is 0.0635. The van der Waals surface area contributed by atoms with E-state index in [9.17, 15) is 14.0 Å². The number of halogens is 1. The molecule has 1 amide bonds. The molecule has 1 atom stereocenters. The van der Waals surface area contributed by atoms with Gasteiger partial charge in [0.05, 0.1) is 6.42 Å². The maximum absolute atomic E-state index is 13.0. The maximum Gasteiger partial charge on any atom is 0.311 e. The van der Waals surface area contributed by atoms with E-state index < -0.39 is 23.8 Å². The standard InChI is InChI=1S/C22H18FNO3/c23-18-11-13-19(14-12-18)24-22(26)21(17-9-5-2-6-10-17)27-20(25)15-16-7-3-1-4-8-16/h1-14,21H,15H2,(H,24,26)/t21-/m0/s1. The molecule has 0 aliphatic heterocycles. The van der Waals surface area contributed by atoms with Crippen LogP contribution in [0.2, 0.25) is 0 Å². The Morgan fingerprint density at radius 1 is 0.852 bits per heavy atom. The Labute approximate surface area is 156 Å². The monoisotopic (exact) mass is 363 g/mol. The molecular formula is C22H18FNO3. The van der Waals surface area contributed by atoms with Gasteiger partial charge in [0.25, 0.3) is 5.91 Å². The van der Waals surface area contributed by atoms with Crippen LogP contribution in [0.5, 0.6) is 0 Å². The summed E-state index contributed by atoms with van der Waals surface area (Å²) < 4.78 is 18.5. The van der Waals surface area contributed by atoms with Crippen LogP contribution in [0, 0.1) is 5.82 Å². The van der Waals surface area contributed by atoms with Gasteiger partial charge in [0.1, 0.15) is 5.82 Å². The summed E-state index contributed by atoms with van der Waals surface area (Å²) in [4.78, 5) is 25.0. The van der Waals surface area contributed by atoms with Crippen molar-refractivity contribution < 1.29 is 18.7 Å². The van der Waals surface area contributed by atoms with Gasteiger partial charge in [0, 0.05) is 11.3 Å². The second-order valence-electron chi connectivity index (χ2n) is 5.94. The van der Waals surface area contributed by atoms with Gasteiger partial charge in [-0.3, -0.25) is 9.59 Å². The van der Waals surface area contributed by atoms with Crippen LogP contribution >= 0.6 is 0 Å². The fraction of sp³-hybridized carbons (Fsp3) is 0.0909. The molecule has 5 heteroatoms. The van der Waals surface area contributed by atoms with E-state index in [1.807, 2.05) is 36.4 Å². The van der Waals surface area contributed by atoms with Gasteiger partial charge in [-0.15, -0.1) is 0 Å². The average Bonchev–Trinajstić information content (AvgIpc) is 2.69. The molecule has 0 spiro atoms. The summed E-state index contributed by atoms with van der Waals surface area (Å²) in [5.74, 6) is -1.42. The fourth-order valence-corrected chi connectivity index (χ4v) is 2.58. The van der Waals surface area contributed by atoms with Crippen molar-refractivity contribution in [2.75, 3.05) is 5.32 Å². The van der Waals surface area contributed by atoms with Crippen molar-refractivity contribution in [3.8, 4) is 0 Å². The third kappa shape index (κ3) is 5.25. The van der Waals surface area contributed by atoms with E-state index in [-0.39, 0.29) is 6.42 Å². The number of carbonyl (C=O) groups excluding carboxylic acids is 2. The molecule has 4 nitrogen and oxygen atoms in total. The first-order valence-electron chi connectivity index (χ1n) is 8.46. The third-order valence-corrected chi connectivity index (χ3v) is 3.89. The van der Waals surface area contributed by atoms with E-state index >= 15 is 0 Å². The molecule has 0 aliphatic carbocycles. The minimum atomic E-state index is -1.10. The van der Waals surface area contributed by atoms with Crippen molar-refractivity contribution in [2.45, 2.75) is 12.5 Å². The lowest BCUT2D eigenvalue weighted by atomic mass is 10.1. The molecule has 3 aromatic carbocycles. The summed E-state index contributed by atoms with van der Waals surface area (Å²) in [7, 11) is 0. The number of anilines is 1. The van der Waals surface area contributed by atoms with Crippen LogP contribution in [0.1, 0.15) is 17.2 Å². The van der Waals surface area contributed by atoms with Crippen LogP contribution in [0.3, 0.4) is 0 Å². The number of benzene rings is 3. The Morgan fingerprint density at radius 3 is 2.07 bits per heavy atom. The summed E-state index contributed by atoms with van der Waals surface area (Å²) in [5.41, 5.74) is 1.77. The number of amides is 1. The van der Waals surface area contributed by atoms with Crippen molar-refractivity contribution in [2.24, 2.45) is 0 Å². The van der Waals surface area contributed by atoms with Gasteiger partial charge >= 0.3 is 5.97 Å². The van der Waals surface area contributed by atoms with E-state index in [0.29, 0.717) is 11.3 Å². The highest BCUT2D eigenvalue weighted by molar-refractivity contribution is 5.96. The van der Waals surface area contributed by atoms with E-state index in [1.54, 1.807) is 24.3 Å². The molecule has 1 N–H and O–H groups in total. The van der Waals surface area contributed by atoms with Crippen LogP contribution in [0.4, 0.5) is 10.1 Å². The van der Waals surface area contributed by atoms with Gasteiger partial charge in [0.2, 0.25) is 6.10 Å². The van der Waals surface area contributed by atoms with Crippen LogP contribution in [-0.2, 0) is 20.7 Å². The molecule has 0 aliphatic rings. The van der Waals surface area contributed by atoms with Gasteiger partial charge in [0.15, 0.2) is 0 Å². The van der Waals surface area contributed by atoms with E-state index in [4.69, 9.17) is 4.74 Å². The van der Waals surface area contributed by atoms with Gasteiger partial charge in [-0.05, 0) is 29.8 Å². The number of rotatable bonds is 6. The summed E-state index contributed by atoms with van der Waals surface area (Å²) in [5, 5.41) is 2.65. The van der Waals surface area contributed by atoms with Crippen LogP contribution in [-0.4, -0.2) is 11.9 Å². The Bertz CT molecular complexity index is 896. The van der Waals surface area contributed by atoms with Gasteiger partial charge in [-0.2, -0.15) is 0 Å². The molecule has 0 radical (unpaired) electrons. The molecule has 0 heterocycles. The van der Waals surface area contributed by atoms with Crippen LogP contribution < -0.4 is 5.32 Å². The Kier molecular flexibility index (Phi) is 5.94. The van der Waals surface area contributed by atoms with Gasteiger partial charge in [-0.1, -0.05) is 60.7 Å². The number of carbonyl (C=O) groups is 2. The summed E-state index contributed by atoms with van der Waals surface area (Å²) in [6.45, 7) is 0. The SMILES string of the molecule is O=C(Cc1ccccc1)O[C@H](C(=O)Nc1ccc(F)cc1)c1ccccc1. The topological polar surface area (TPSA) is 55.4 Å². The largest absolute Gasteiger partial charge is 0.447 e. The number of nitrogens with one attached hydrogen (secondary N) is 1. The fourth-order valence-electron chi connectivity index (χ4n) is 2.58. The molecule has 0 bridgehead atoms. The second kappa shape index (κ2) is 8.76. The number of hydrogen-bond donors (Lipinski definition) is 1. The van der Waals surface area contributed by atoms with Crippen molar-refractivity contribution >= 4 is 17.6 Å². The number of esters is 1. The van der Waals surface area contributed by atoms with E-state index in [1.165, 1.54) is 24.3 Å². The van der Waals surface area contributed by atoms with Crippen molar-refractivity contribution in [3.63, 3.8) is 0 Å². The third-order valence-electron chi connectivity index (χ3n) is 3.89. The Hall–Kier alpha value is -3.47. The molecule has 3 aromatic rings. The molecule has 0 saturated carbocycles. The highest BCUT2D eigenvalue weighted by Crippen LogP contribution is 2.21. The normalized spacial score (nSPS) is 11.4. The van der Waals surface area contributed by atoms with Crippen LogP contribution in [0.25, 0.3) is 0 Å². The summed E-state index contributed by atoms with van der Waals surface area (Å²) in [6, 6.07) is 23.3. The Balaban J connectivity index is 1.75. The quantitative estimate of drug-likeness (QED) is 0.665. The second-order valence-corrected chi connectivity index (χ2v) is 5.94. The lowest BCUT2D eigenvalue weighted by molar-refractivity contribution is -0.154. The molecule has 27 heavy (non-hydrogen) atoms. The number of ether oxygens (including phenoxy) is 1. The Morgan fingerprint density at radius 2 is 1.44 bits per heavy atom. The molecule has 0 aromatic heterocycles. The van der Waals surface area contributed by atoms with Crippen molar-refractivity contribution in [1.82, 2.24) is 0 Å². The molecule has 0 unspecified atom stereocenters. The highest BCUT2D eigenvalue weighted by Gasteiger charge is 2.25. The predicted molar refractivity (Wildman–Crippen MR) is 100 cm³/mol. The summed E-state index contributed by atoms with van der Waals surface area (Å²) >= 11 is 0. The number of hydrogen-bond acceptors (Lipinski definition) is 3. The molecule has 0 saturated heterocycles.